The van der Waals surface area contributed by atoms with Crippen molar-refractivity contribution in [3.8, 4) is 0 Å². The van der Waals surface area contributed by atoms with Crippen LogP contribution in [-0.4, -0.2) is 42.8 Å². The molecule has 6 nitrogen and oxygen atoms in total. The van der Waals surface area contributed by atoms with Crippen LogP contribution in [0.2, 0.25) is 0 Å². The number of carbonyl (C=O) groups excluding carboxylic acids is 1. The predicted molar refractivity (Wildman–Crippen MR) is 82.0 cm³/mol. The van der Waals surface area contributed by atoms with E-state index in [1.807, 2.05) is 25.1 Å². The molecule has 0 unspecified atom stereocenters. The van der Waals surface area contributed by atoms with Crippen LogP contribution in [0.1, 0.15) is 38.2 Å². The number of hydroxylamine groups is 2. The molecule has 2 aliphatic rings. The summed E-state index contributed by atoms with van der Waals surface area (Å²) in [6, 6.07) is 10.2. The average molecular weight is 321 g/mol. The molecule has 0 spiro atoms. The minimum absolute atomic E-state index is 0.128. The summed E-state index contributed by atoms with van der Waals surface area (Å²) in [4.78, 5) is 23.4. The number of methoxy groups -OCH3 is 1. The minimum atomic E-state index is -0.656. The second kappa shape index (κ2) is 6.57. The third kappa shape index (κ3) is 2.99. The molecular formula is C17H23NO5. The van der Waals surface area contributed by atoms with Crippen molar-refractivity contribution in [3.05, 3.63) is 35.9 Å². The molecule has 0 N–H and O–H groups in total. The fourth-order valence-electron chi connectivity index (χ4n) is 3.46. The number of ether oxygens (including phenoxy) is 2. The molecule has 0 saturated carbocycles. The molecule has 6 heteroatoms. The molecule has 2 saturated heterocycles. The Labute approximate surface area is 136 Å². The summed E-state index contributed by atoms with van der Waals surface area (Å²) in [5.41, 5.74) is 0.732. The molecule has 23 heavy (non-hydrogen) atoms. The number of esters is 1. The lowest BCUT2D eigenvalue weighted by atomic mass is 9.75. The van der Waals surface area contributed by atoms with Crippen LogP contribution in [-0.2, 0) is 23.9 Å². The first-order chi connectivity index (χ1) is 11.1. The largest absolute Gasteiger partial charge is 0.467 e. The summed E-state index contributed by atoms with van der Waals surface area (Å²) in [5, 5.41) is 1.45. The molecule has 0 aliphatic carbocycles. The summed E-state index contributed by atoms with van der Waals surface area (Å²) in [7, 11) is 1.36. The Morgan fingerprint density at radius 1 is 1.35 bits per heavy atom. The Morgan fingerprint density at radius 2 is 2.09 bits per heavy atom. The summed E-state index contributed by atoms with van der Waals surface area (Å²) >= 11 is 0. The third-order valence-corrected chi connectivity index (χ3v) is 4.65. The Kier molecular flexibility index (Phi) is 4.68. The van der Waals surface area contributed by atoms with Crippen molar-refractivity contribution in [1.82, 2.24) is 5.23 Å². The van der Waals surface area contributed by atoms with Crippen LogP contribution >= 0.6 is 0 Å². The van der Waals surface area contributed by atoms with E-state index in [0.29, 0.717) is 19.4 Å². The molecule has 1 aromatic rings. The first-order valence-electron chi connectivity index (χ1n) is 7.96. The second-order valence-electron chi connectivity index (χ2n) is 6.12. The number of rotatable bonds is 4. The van der Waals surface area contributed by atoms with Gasteiger partial charge in [-0.15, -0.1) is 0 Å². The van der Waals surface area contributed by atoms with E-state index in [0.717, 1.165) is 0 Å². The van der Waals surface area contributed by atoms with Gasteiger partial charge in [-0.2, -0.15) is 0 Å². The number of hydrogen-bond acceptors (Lipinski definition) is 6. The van der Waals surface area contributed by atoms with E-state index < -0.39 is 17.9 Å². The van der Waals surface area contributed by atoms with E-state index >= 15 is 0 Å². The molecule has 1 aromatic carbocycles. The molecule has 4 atom stereocenters. The van der Waals surface area contributed by atoms with Gasteiger partial charge in [0.25, 0.3) is 0 Å². The van der Waals surface area contributed by atoms with Crippen molar-refractivity contribution >= 4 is 5.97 Å². The van der Waals surface area contributed by atoms with Crippen LogP contribution in [0.15, 0.2) is 30.3 Å². The van der Waals surface area contributed by atoms with Gasteiger partial charge in [0.15, 0.2) is 12.4 Å². The second-order valence-corrected chi connectivity index (χ2v) is 6.12. The molecule has 126 valence electrons. The lowest BCUT2D eigenvalue weighted by Crippen LogP contribution is -2.53. The number of nitrogens with zero attached hydrogens (tertiary/aromatic N) is 1. The van der Waals surface area contributed by atoms with E-state index in [4.69, 9.17) is 19.1 Å². The number of hydrogen-bond donors (Lipinski definition) is 0. The Bertz CT molecular complexity index is 551. The van der Waals surface area contributed by atoms with Gasteiger partial charge in [-0.3, -0.25) is 4.84 Å². The Morgan fingerprint density at radius 3 is 2.74 bits per heavy atom. The number of carbonyl (C=O) groups is 1. The van der Waals surface area contributed by atoms with Crippen LogP contribution < -0.4 is 0 Å². The van der Waals surface area contributed by atoms with Gasteiger partial charge < -0.3 is 9.47 Å². The first kappa shape index (κ1) is 16.4. The van der Waals surface area contributed by atoms with Crippen molar-refractivity contribution in [3.63, 3.8) is 0 Å². The van der Waals surface area contributed by atoms with Crippen LogP contribution in [0.3, 0.4) is 0 Å². The van der Waals surface area contributed by atoms with Crippen LogP contribution in [0.25, 0.3) is 0 Å². The summed E-state index contributed by atoms with van der Waals surface area (Å²) < 4.78 is 10.5. The standard InChI is InChI=1S/C17H23NO5/c1-4-21-15-10-13(12-8-6-5-7-9-12)17(2)11-14(16(19)20-3)22-18(17)23-15/h5-9,13-15H,4,10-11H2,1-3H3/t13-,14+,15+,17-/m0/s1. The van der Waals surface area contributed by atoms with Gasteiger partial charge >= 0.3 is 5.97 Å². The molecular weight excluding hydrogens is 298 g/mol. The summed E-state index contributed by atoms with van der Waals surface area (Å²) in [6.07, 6.45) is 0.173. The van der Waals surface area contributed by atoms with Gasteiger partial charge in [-0.05, 0) is 19.4 Å². The van der Waals surface area contributed by atoms with Crippen molar-refractivity contribution in [2.45, 2.75) is 50.5 Å². The fraction of sp³-hybridized carbons (Fsp3) is 0.588. The lowest BCUT2D eigenvalue weighted by molar-refractivity contribution is -0.453. The van der Waals surface area contributed by atoms with Gasteiger partial charge in [0.05, 0.1) is 12.6 Å². The lowest BCUT2D eigenvalue weighted by Gasteiger charge is -2.45. The molecule has 2 fully saturated rings. The molecule has 0 radical (unpaired) electrons. The molecule has 0 bridgehead atoms. The highest BCUT2D eigenvalue weighted by atomic mass is 17.0. The smallest absolute Gasteiger partial charge is 0.337 e. The average Bonchev–Trinajstić information content (AvgIpc) is 2.92. The maximum Gasteiger partial charge on any atom is 0.337 e. The zero-order valence-corrected chi connectivity index (χ0v) is 13.7. The minimum Gasteiger partial charge on any atom is -0.467 e. The number of benzene rings is 1. The van der Waals surface area contributed by atoms with Gasteiger partial charge in [0.2, 0.25) is 0 Å². The zero-order valence-electron chi connectivity index (χ0n) is 13.7. The zero-order chi connectivity index (χ0) is 16.4. The molecule has 2 aliphatic heterocycles. The maximum atomic E-state index is 11.9. The normalized spacial score (nSPS) is 34.1. The SMILES string of the molecule is CCO[C@H]1C[C@@H](c2ccccc2)[C@]2(C)C[C@H](C(=O)OC)ON2O1. The van der Waals surface area contributed by atoms with Crippen molar-refractivity contribution in [2.24, 2.45) is 0 Å². The van der Waals surface area contributed by atoms with Gasteiger partial charge in [-0.1, -0.05) is 35.6 Å². The Hall–Kier alpha value is -1.47. The van der Waals surface area contributed by atoms with Crippen molar-refractivity contribution < 1.29 is 23.9 Å². The highest BCUT2D eigenvalue weighted by molar-refractivity contribution is 5.75. The van der Waals surface area contributed by atoms with E-state index in [9.17, 15) is 4.79 Å². The highest BCUT2D eigenvalue weighted by Crippen LogP contribution is 2.49. The van der Waals surface area contributed by atoms with E-state index in [2.05, 4.69) is 19.1 Å². The van der Waals surface area contributed by atoms with E-state index in [1.54, 1.807) is 0 Å². The Balaban J connectivity index is 1.91. The predicted octanol–water partition coefficient (Wildman–Crippen LogP) is 2.41. The quantitative estimate of drug-likeness (QED) is 0.794. The highest BCUT2D eigenvalue weighted by Gasteiger charge is 2.56. The van der Waals surface area contributed by atoms with Crippen LogP contribution in [0, 0.1) is 0 Å². The maximum absolute atomic E-state index is 11.9. The van der Waals surface area contributed by atoms with Crippen molar-refractivity contribution in [1.29, 1.82) is 0 Å². The van der Waals surface area contributed by atoms with Crippen molar-refractivity contribution in [2.75, 3.05) is 13.7 Å². The molecule has 0 amide bonds. The van der Waals surface area contributed by atoms with Gasteiger partial charge in [-0.25, -0.2) is 9.63 Å². The number of fused-ring (bicyclic) bond motifs is 1. The topological polar surface area (TPSA) is 57.2 Å². The molecule has 0 aromatic heterocycles. The van der Waals surface area contributed by atoms with Gasteiger partial charge in [0, 0.05) is 25.4 Å². The summed E-state index contributed by atoms with van der Waals surface area (Å²) in [6.45, 7) is 4.53. The van der Waals surface area contributed by atoms with Crippen LogP contribution in [0.4, 0.5) is 0 Å². The monoisotopic (exact) mass is 321 g/mol. The van der Waals surface area contributed by atoms with Gasteiger partial charge in [0.1, 0.15) is 0 Å². The summed E-state index contributed by atoms with van der Waals surface area (Å²) in [5.74, 6) is -0.257. The van der Waals surface area contributed by atoms with E-state index in [1.165, 1.54) is 17.9 Å². The molecule has 2 heterocycles. The third-order valence-electron chi connectivity index (χ3n) is 4.65. The van der Waals surface area contributed by atoms with Crippen LogP contribution in [0.5, 0.6) is 0 Å². The fourth-order valence-corrected chi connectivity index (χ4v) is 3.46. The van der Waals surface area contributed by atoms with E-state index in [-0.39, 0.29) is 11.9 Å². The molecule has 3 rings (SSSR count). The first-order valence-corrected chi connectivity index (χ1v) is 7.96.